The van der Waals surface area contributed by atoms with Gasteiger partial charge in [-0.25, -0.2) is 8.42 Å². The SMILES string of the molecule is Cc1ccc(S(=O)(=O)N2CCc3ccc(C)cc32)cc1. The molecule has 3 nitrogen and oxygen atoms in total. The average molecular weight is 287 g/mol. The molecule has 0 atom stereocenters. The first-order chi connectivity index (χ1) is 9.48. The second-order valence-corrected chi connectivity index (χ2v) is 7.13. The summed E-state index contributed by atoms with van der Waals surface area (Å²) in [5, 5.41) is 0. The van der Waals surface area contributed by atoms with E-state index in [-0.39, 0.29) is 0 Å². The molecule has 0 aromatic heterocycles. The quantitative estimate of drug-likeness (QED) is 0.851. The van der Waals surface area contributed by atoms with Gasteiger partial charge in [-0.1, -0.05) is 29.8 Å². The van der Waals surface area contributed by atoms with Crippen LogP contribution < -0.4 is 4.31 Å². The Balaban J connectivity index is 2.07. The third kappa shape index (κ3) is 2.10. The molecule has 0 radical (unpaired) electrons. The van der Waals surface area contributed by atoms with Crippen LogP contribution in [-0.2, 0) is 16.4 Å². The number of aryl methyl sites for hydroxylation is 2. The second-order valence-electron chi connectivity index (χ2n) is 5.27. The highest BCUT2D eigenvalue weighted by Gasteiger charge is 2.30. The lowest BCUT2D eigenvalue weighted by atomic mass is 10.1. The van der Waals surface area contributed by atoms with E-state index in [1.165, 1.54) is 4.31 Å². The fourth-order valence-electron chi connectivity index (χ4n) is 2.55. The van der Waals surface area contributed by atoms with Crippen molar-refractivity contribution in [3.05, 3.63) is 59.2 Å². The van der Waals surface area contributed by atoms with Crippen LogP contribution in [0.2, 0.25) is 0 Å². The van der Waals surface area contributed by atoms with E-state index in [1.807, 2.05) is 44.2 Å². The summed E-state index contributed by atoms with van der Waals surface area (Å²) in [4.78, 5) is 0.359. The molecule has 1 heterocycles. The fraction of sp³-hybridized carbons (Fsp3) is 0.250. The number of rotatable bonds is 2. The number of nitrogens with zero attached hydrogens (tertiary/aromatic N) is 1. The maximum atomic E-state index is 12.7. The van der Waals surface area contributed by atoms with E-state index in [4.69, 9.17) is 0 Å². The van der Waals surface area contributed by atoms with Gasteiger partial charge in [0.05, 0.1) is 10.6 Å². The van der Waals surface area contributed by atoms with E-state index in [0.29, 0.717) is 11.4 Å². The first-order valence-corrected chi connectivity index (χ1v) is 8.11. The average Bonchev–Trinajstić information content (AvgIpc) is 2.82. The number of hydrogen-bond acceptors (Lipinski definition) is 2. The van der Waals surface area contributed by atoms with Crippen LogP contribution in [0.4, 0.5) is 5.69 Å². The Bertz CT molecular complexity index is 749. The molecule has 104 valence electrons. The third-order valence-electron chi connectivity index (χ3n) is 3.70. The zero-order chi connectivity index (χ0) is 14.3. The molecular formula is C16H17NO2S. The largest absolute Gasteiger partial charge is 0.266 e. The van der Waals surface area contributed by atoms with Gasteiger partial charge in [-0.2, -0.15) is 0 Å². The van der Waals surface area contributed by atoms with Gasteiger partial charge in [0.1, 0.15) is 0 Å². The van der Waals surface area contributed by atoms with Gasteiger partial charge in [-0.05, 0) is 49.6 Å². The maximum absolute atomic E-state index is 12.7. The van der Waals surface area contributed by atoms with Crippen molar-refractivity contribution in [2.24, 2.45) is 0 Å². The topological polar surface area (TPSA) is 37.4 Å². The Morgan fingerprint density at radius 1 is 0.950 bits per heavy atom. The van der Waals surface area contributed by atoms with Crippen LogP contribution in [0.15, 0.2) is 47.4 Å². The molecule has 1 aliphatic rings. The van der Waals surface area contributed by atoms with Gasteiger partial charge in [-0.15, -0.1) is 0 Å². The first-order valence-electron chi connectivity index (χ1n) is 6.67. The number of sulfonamides is 1. The van der Waals surface area contributed by atoms with Crippen molar-refractivity contribution in [3.8, 4) is 0 Å². The molecule has 2 aromatic rings. The standard InChI is InChI=1S/C16H17NO2S/c1-12-4-7-15(8-5-12)20(18,19)17-10-9-14-6-3-13(2)11-16(14)17/h3-8,11H,9-10H2,1-2H3. The van der Waals surface area contributed by atoms with Crippen molar-refractivity contribution in [2.75, 3.05) is 10.8 Å². The second kappa shape index (κ2) is 4.63. The lowest BCUT2D eigenvalue weighted by Crippen LogP contribution is -2.29. The van der Waals surface area contributed by atoms with Gasteiger partial charge in [0.25, 0.3) is 10.0 Å². The minimum atomic E-state index is -3.45. The summed E-state index contributed by atoms with van der Waals surface area (Å²) < 4.78 is 27.0. The molecule has 4 heteroatoms. The lowest BCUT2D eigenvalue weighted by molar-refractivity contribution is 0.592. The Hall–Kier alpha value is -1.81. The third-order valence-corrected chi connectivity index (χ3v) is 5.53. The molecule has 3 rings (SSSR count). The first kappa shape index (κ1) is 13.2. The highest BCUT2D eigenvalue weighted by molar-refractivity contribution is 7.92. The molecule has 1 aliphatic heterocycles. The van der Waals surface area contributed by atoms with E-state index in [9.17, 15) is 8.42 Å². The highest BCUT2D eigenvalue weighted by Crippen LogP contribution is 2.33. The molecule has 0 unspecified atom stereocenters. The van der Waals surface area contributed by atoms with Gasteiger partial charge < -0.3 is 0 Å². The zero-order valence-electron chi connectivity index (χ0n) is 11.6. The van der Waals surface area contributed by atoms with Crippen LogP contribution in [0.5, 0.6) is 0 Å². The molecule has 0 spiro atoms. The van der Waals surface area contributed by atoms with Gasteiger partial charge >= 0.3 is 0 Å². The number of benzene rings is 2. The van der Waals surface area contributed by atoms with Crippen LogP contribution in [0, 0.1) is 13.8 Å². The Kier molecular flexibility index (Phi) is 3.05. The van der Waals surface area contributed by atoms with E-state index >= 15 is 0 Å². The van der Waals surface area contributed by atoms with Gasteiger partial charge in [-0.3, -0.25) is 4.31 Å². The maximum Gasteiger partial charge on any atom is 0.264 e. The molecule has 20 heavy (non-hydrogen) atoms. The van der Waals surface area contributed by atoms with E-state index < -0.39 is 10.0 Å². The number of hydrogen-bond donors (Lipinski definition) is 0. The van der Waals surface area contributed by atoms with Gasteiger partial charge in [0.2, 0.25) is 0 Å². The minimum Gasteiger partial charge on any atom is -0.266 e. The molecule has 0 saturated heterocycles. The van der Waals surface area contributed by atoms with Gasteiger partial charge in [0, 0.05) is 6.54 Å². The summed E-state index contributed by atoms with van der Waals surface area (Å²) in [6.07, 6.45) is 0.778. The van der Waals surface area contributed by atoms with Crippen LogP contribution >= 0.6 is 0 Å². The van der Waals surface area contributed by atoms with Gasteiger partial charge in [0.15, 0.2) is 0 Å². The summed E-state index contributed by atoms with van der Waals surface area (Å²) in [6, 6.07) is 13.0. The Morgan fingerprint density at radius 3 is 2.30 bits per heavy atom. The van der Waals surface area contributed by atoms with Crippen LogP contribution in [0.1, 0.15) is 16.7 Å². The van der Waals surface area contributed by atoms with E-state index in [2.05, 4.69) is 0 Å². The summed E-state index contributed by atoms with van der Waals surface area (Å²) in [5.41, 5.74) is 4.06. The summed E-state index contributed by atoms with van der Waals surface area (Å²) in [7, 11) is -3.45. The minimum absolute atomic E-state index is 0.359. The van der Waals surface area contributed by atoms with Crippen molar-refractivity contribution < 1.29 is 8.42 Å². The normalized spacial score (nSPS) is 14.4. The number of fused-ring (bicyclic) bond motifs is 1. The monoisotopic (exact) mass is 287 g/mol. The van der Waals surface area contributed by atoms with E-state index in [0.717, 1.165) is 28.8 Å². The fourth-order valence-corrected chi connectivity index (χ4v) is 4.04. The Labute approximate surface area is 119 Å². The van der Waals surface area contributed by atoms with Crippen LogP contribution in [-0.4, -0.2) is 15.0 Å². The predicted molar refractivity (Wildman–Crippen MR) is 80.6 cm³/mol. The molecule has 0 aliphatic carbocycles. The number of anilines is 1. The predicted octanol–water partition coefficient (Wildman–Crippen LogP) is 3.05. The summed E-state index contributed by atoms with van der Waals surface area (Å²) in [5.74, 6) is 0. The Morgan fingerprint density at radius 2 is 1.60 bits per heavy atom. The molecule has 0 bridgehead atoms. The van der Waals surface area contributed by atoms with Crippen molar-refractivity contribution in [1.82, 2.24) is 0 Å². The molecule has 0 amide bonds. The van der Waals surface area contributed by atoms with Crippen molar-refractivity contribution in [3.63, 3.8) is 0 Å². The van der Waals surface area contributed by atoms with Crippen LogP contribution in [0.25, 0.3) is 0 Å². The van der Waals surface area contributed by atoms with E-state index in [1.54, 1.807) is 12.1 Å². The highest BCUT2D eigenvalue weighted by atomic mass is 32.2. The van der Waals surface area contributed by atoms with Crippen LogP contribution in [0.3, 0.4) is 0 Å². The molecule has 0 fully saturated rings. The van der Waals surface area contributed by atoms with Crippen molar-refractivity contribution in [2.45, 2.75) is 25.2 Å². The summed E-state index contributed by atoms with van der Waals surface area (Å²) in [6.45, 7) is 4.45. The molecule has 0 N–H and O–H groups in total. The van der Waals surface area contributed by atoms with Crippen molar-refractivity contribution in [1.29, 1.82) is 0 Å². The zero-order valence-corrected chi connectivity index (χ0v) is 12.4. The molecule has 0 saturated carbocycles. The summed E-state index contributed by atoms with van der Waals surface area (Å²) >= 11 is 0. The lowest BCUT2D eigenvalue weighted by Gasteiger charge is -2.20. The molecule has 2 aromatic carbocycles. The smallest absolute Gasteiger partial charge is 0.264 e. The molecular weight excluding hydrogens is 270 g/mol. The van der Waals surface area contributed by atoms with Crippen molar-refractivity contribution >= 4 is 15.7 Å².